The van der Waals surface area contributed by atoms with Crippen LogP contribution in [0.5, 0.6) is 0 Å². The molecule has 0 saturated carbocycles. The van der Waals surface area contributed by atoms with Gasteiger partial charge < -0.3 is 10.6 Å². The molecule has 0 fully saturated rings. The normalized spacial score (nSPS) is 10.1. The van der Waals surface area contributed by atoms with Gasteiger partial charge in [0.1, 0.15) is 5.82 Å². The number of aromatic nitrogens is 1. The largest absolute Gasteiger partial charge is 0.352 e. The Labute approximate surface area is 119 Å². The molecule has 104 valence electrons. The second kappa shape index (κ2) is 6.70. The lowest BCUT2D eigenvalue weighted by molar-refractivity contribution is 0.0954. The Kier molecular flexibility index (Phi) is 4.71. The second-order valence-electron chi connectivity index (χ2n) is 4.65. The lowest BCUT2D eigenvalue weighted by atomic mass is 10.2. The first kappa shape index (κ1) is 14.1. The van der Waals surface area contributed by atoms with Crippen LogP contribution in [-0.4, -0.2) is 17.4 Å². The highest BCUT2D eigenvalue weighted by Crippen LogP contribution is 2.18. The molecular formula is C16H19N3O. The Bertz CT molecular complexity index is 579. The van der Waals surface area contributed by atoms with Crippen LogP contribution in [0.15, 0.2) is 42.6 Å². The lowest BCUT2D eigenvalue weighted by Crippen LogP contribution is -2.25. The molecule has 0 aliphatic rings. The van der Waals surface area contributed by atoms with Gasteiger partial charge in [-0.25, -0.2) is 4.98 Å². The summed E-state index contributed by atoms with van der Waals surface area (Å²) >= 11 is 0. The van der Waals surface area contributed by atoms with Crippen molar-refractivity contribution in [3.8, 4) is 0 Å². The van der Waals surface area contributed by atoms with E-state index in [0.29, 0.717) is 17.9 Å². The zero-order valence-electron chi connectivity index (χ0n) is 11.8. The minimum Gasteiger partial charge on any atom is -0.352 e. The number of nitrogens with zero attached hydrogens (tertiary/aromatic N) is 1. The van der Waals surface area contributed by atoms with Crippen molar-refractivity contribution in [3.63, 3.8) is 0 Å². The topological polar surface area (TPSA) is 54.0 Å². The van der Waals surface area contributed by atoms with Crippen LogP contribution in [0, 0.1) is 6.92 Å². The predicted octanol–water partition coefficient (Wildman–Crippen LogP) is 3.27. The van der Waals surface area contributed by atoms with Crippen molar-refractivity contribution < 1.29 is 4.79 Å². The Balaban J connectivity index is 2.19. The van der Waals surface area contributed by atoms with Crippen molar-refractivity contribution in [2.45, 2.75) is 20.3 Å². The third-order valence-corrected chi connectivity index (χ3v) is 2.90. The molecule has 2 rings (SSSR count). The van der Waals surface area contributed by atoms with Crippen molar-refractivity contribution in [2.75, 3.05) is 11.9 Å². The molecule has 4 heteroatoms. The number of carbonyl (C=O) groups is 1. The maximum atomic E-state index is 12.1. The van der Waals surface area contributed by atoms with Gasteiger partial charge in [-0.05, 0) is 37.6 Å². The third-order valence-electron chi connectivity index (χ3n) is 2.90. The zero-order chi connectivity index (χ0) is 14.4. The van der Waals surface area contributed by atoms with Crippen LogP contribution >= 0.6 is 0 Å². The number of aryl methyl sites for hydroxylation is 1. The van der Waals surface area contributed by atoms with Crippen LogP contribution in [0.1, 0.15) is 29.3 Å². The van der Waals surface area contributed by atoms with Gasteiger partial charge in [0, 0.05) is 18.4 Å². The fraction of sp³-hybridized carbons (Fsp3) is 0.250. The summed E-state index contributed by atoms with van der Waals surface area (Å²) in [7, 11) is 0. The molecule has 1 heterocycles. The number of pyridine rings is 1. The SMILES string of the molecule is CCCNC(=O)c1cccnc1Nc1ccc(C)cc1. The van der Waals surface area contributed by atoms with E-state index in [4.69, 9.17) is 0 Å². The molecule has 0 bridgehead atoms. The quantitative estimate of drug-likeness (QED) is 0.876. The van der Waals surface area contributed by atoms with Gasteiger partial charge in [0.05, 0.1) is 5.56 Å². The molecule has 20 heavy (non-hydrogen) atoms. The van der Waals surface area contributed by atoms with Gasteiger partial charge in [-0.1, -0.05) is 24.6 Å². The Morgan fingerprint density at radius 3 is 2.65 bits per heavy atom. The molecule has 1 amide bonds. The molecule has 2 N–H and O–H groups in total. The van der Waals surface area contributed by atoms with Crippen molar-refractivity contribution in [1.29, 1.82) is 0 Å². The van der Waals surface area contributed by atoms with Crippen LogP contribution in [0.3, 0.4) is 0 Å². The Hall–Kier alpha value is -2.36. The van der Waals surface area contributed by atoms with Gasteiger partial charge >= 0.3 is 0 Å². The molecule has 0 radical (unpaired) electrons. The van der Waals surface area contributed by atoms with E-state index in [1.165, 1.54) is 5.56 Å². The van der Waals surface area contributed by atoms with Crippen LogP contribution in [0.2, 0.25) is 0 Å². The van der Waals surface area contributed by atoms with Crippen molar-refractivity contribution in [2.24, 2.45) is 0 Å². The summed E-state index contributed by atoms with van der Waals surface area (Å²) in [6.07, 6.45) is 2.58. The van der Waals surface area contributed by atoms with Gasteiger partial charge in [-0.15, -0.1) is 0 Å². The first-order valence-corrected chi connectivity index (χ1v) is 6.77. The van der Waals surface area contributed by atoms with E-state index in [1.54, 1.807) is 18.3 Å². The van der Waals surface area contributed by atoms with Gasteiger partial charge in [0.2, 0.25) is 0 Å². The average Bonchev–Trinajstić information content (AvgIpc) is 2.48. The van der Waals surface area contributed by atoms with Gasteiger partial charge in [-0.2, -0.15) is 0 Å². The fourth-order valence-electron chi connectivity index (χ4n) is 1.80. The third kappa shape index (κ3) is 3.57. The van der Waals surface area contributed by atoms with Crippen LogP contribution in [0.4, 0.5) is 11.5 Å². The number of carbonyl (C=O) groups excluding carboxylic acids is 1. The number of hydrogen-bond donors (Lipinski definition) is 2. The first-order chi connectivity index (χ1) is 9.70. The average molecular weight is 269 g/mol. The first-order valence-electron chi connectivity index (χ1n) is 6.77. The number of nitrogens with one attached hydrogen (secondary N) is 2. The molecule has 2 aromatic rings. The minimum atomic E-state index is -0.102. The van der Waals surface area contributed by atoms with Crippen LogP contribution in [-0.2, 0) is 0 Å². The molecule has 4 nitrogen and oxygen atoms in total. The summed E-state index contributed by atoms with van der Waals surface area (Å²) in [6, 6.07) is 11.5. The van der Waals surface area contributed by atoms with Crippen LogP contribution < -0.4 is 10.6 Å². The number of hydrogen-bond acceptors (Lipinski definition) is 3. The Morgan fingerprint density at radius 1 is 1.20 bits per heavy atom. The van der Waals surface area contributed by atoms with E-state index in [0.717, 1.165) is 12.1 Å². The summed E-state index contributed by atoms with van der Waals surface area (Å²) in [5.74, 6) is 0.472. The molecular weight excluding hydrogens is 250 g/mol. The predicted molar refractivity (Wildman–Crippen MR) is 81.3 cm³/mol. The molecule has 0 saturated heterocycles. The number of anilines is 2. The highest BCUT2D eigenvalue weighted by atomic mass is 16.1. The van der Waals surface area contributed by atoms with E-state index in [1.807, 2.05) is 38.1 Å². The van der Waals surface area contributed by atoms with Gasteiger partial charge in [0.25, 0.3) is 5.91 Å². The number of rotatable bonds is 5. The van der Waals surface area contributed by atoms with E-state index >= 15 is 0 Å². The van der Waals surface area contributed by atoms with E-state index in [2.05, 4.69) is 15.6 Å². The van der Waals surface area contributed by atoms with Crippen molar-refractivity contribution in [3.05, 3.63) is 53.7 Å². The Morgan fingerprint density at radius 2 is 1.95 bits per heavy atom. The summed E-state index contributed by atoms with van der Waals surface area (Å²) in [5.41, 5.74) is 2.66. The summed E-state index contributed by atoms with van der Waals surface area (Å²) in [4.78, 5) is 16.3. The van der Waals surface area contributed by atoms with E-state index < -0.39 is 0 Å². The fourth-order valence-corrected chi connectivity index (χ4v) is 1.80. The standard InChI is InChI=1S/C16H19N3O/c1-3-10-18-16(20)14-5-4-11-17-15(14)19-13-8-6-12(2)7-9-13/h4-9,11H,3,10H2,1-2H3,(H,17,19)(H,18,20). The molecule has 0 unspecified atom stereocenters. The summed E-state index contributed by atoms with van der Waals surface area (Å²) < 4.78 is 0. The van der Waals surface area contributed by atoms with Crippen molar-refractivity contribution >= 4 is 17.4 Å². The molecule has 1 aromatic carbocycles. The van der Waals surface area contributed by atoms with Crippen molar-refractivity contribution in [1.82, 2.24) is 10.3 Å². The maximum absolute atomic E-state index is 12.1. The summed E-state index contributed by atoms with van der Waals surface area (Å²) in [5, 5.41) is 6.05. The minimum absolute atomic E-state index is 0.102. The molecule has 0 aliphatic carbocycles. The highest BCUT2D eigenvalue weighted by Gasteiger charge is 2.11. The maximum Gasteiger partial charge on any atom is 0.255 e. The zero-order valence-corrected chi connectivity index (χ0v) is 11.8. The molecule has 0 spiro atoms. The van der Waals surface area contributed by atoms with Gasteiger partial charge in [-0.3, -0.25) is 4.79 Å². The highest BCUT2D eigenvalue weighted by molar-refractivity contribution is 5.99. The molecule has 1 aromatic heterocycles. The molecule has 0 atom stereocenters. The lowest BCUT2D eigenvalue weighted by Gasteiger charge is -2.11. The van der Waals surface area contributed by atoms with Gasteiger partial charge in [0.15, 0.2) is 0 Å². The summed E-state index contributed by atoms with van der Waals surface area (Å²) in [6.45, 7) is 4.72. The smallest absolute Gasteiger partial charge is 0.255 e. The number of amides is 1. The van der Waals surface area contributed by atoms with E-state index in [9.17, 15) is 4.79 Å². The van der Waals surface area contributed by atoms with Crippen LogP contribution in [0.25, 0.3) is 0 Å². The second-order valence-corrected chi connectivity index (χ2v) is 4.65. The molecule has 0 aliphatic heterocycles. The number of benzene rings is 1. The monoisotopic (exact) mass is 269 g/mol. The van der Waals surface area contributed by atoms with E-state index in [-0.39, 0.29) is 5.91 Å².